The van der Waals surface area contributed by atoms with E-state index in [1.807, 2.05) is 4.90 Å². The number of nitrogens with zero attached hydrogens (tertiary/aromatic N) is 3. The highest BCUT2D eigenvalue weighted by molar-refractivity contribution is 5.94. The Balaban J connectivity index is 1.52. The SMILES string of the molecule is Cc1cc(NC(=O)CN2CCN(C(=O)c3cccc(C(F)(F)F)c3)CC2)no1. The minimum Gasteiger partial charge on any atom is -0.360 e. The van der Waals surface area contributed by atoms with Gasteiger partial charge in [-0.3, -0.25) is 14.5 Å². The van der Waals surface area contributed by atoms with Gasteiger partial charge >= 0.3 is 6.18 Å². The number of benzene rings is 1. The molecule has 0 spiro atoms. The summed E-state index contributed by atoms with van der Waals surface area (Å²) in [6.07, 6.45) is -4.50. The summed E-state index contributed by atoms with van der Waals surface area (Å²) in [4.78, 5) is 27.9. The average molecular weight is 396 g/mol. The van der Waals surface area contributed by atoms with Crippen LogP contribution in [0.5, 0.6) is 0 Å². The molecule has 0 bridgehead atoms. The van der Waals surface area contributed by atoms with Gasteiger partial charge in [0.2, 0.25) is 5.91 Å². The van der Waals surface area contributed by atoms with Crippen molar-refractivity contribution < 1.29 is 27.3 Å². The lowest BCUT2D eigenvalue weighted by atomic mass is 10.1. The highest BCUT2D eigenvalue weighted by Crippen LogP contribution is 2.29. The van der Waals surface area contributed by atoms with E-state index in [1.54, 1.807) is 13.0 Å². The van der Waals surface area contributed by atoms with Crippen LogP contribution >= 0.6 is 0 Å². The van der Waals surface area contributed by atoms with Crippen LogP contribution in [0.2, 0.25) is 0 Å². The first-order chi connectivity index (χ1) is 13.2. The molecule has 0 aliphatic carbocycles. The fourth-order valence-corrected chi connectivity index (χ4v) is 2.93. The molecule has 1 aromatic heterocycles. The quantitative estimate of drug-likeness (QED) is 0.859. The van der Waals surface area contributed by atoms with Crippen molar-refractivity contribution >= 4 is 17.6 Å². The van der Waals surface area contributed by atoms with Crippen molar-refractivity contribution in [3.63, 3.8) is 0 Å². The molecule has 2 heterocycles. The molecule has 2 amide bonds. The monoisotopic (exact) mass is 396 g/mol. The summed E-state index contributed by atoms with van der Waals surface area (Å²) >= 11 is 0. The second-order valence-corrected chi connectivity index (χ2v) is 6.52. The minimum atomic E-state index is -4.50. The van der Waals surface area contributed by atoms with Gasteiger partial charge in [-0.1, -0.05) is 11.2 Å². The molecule has 150 valence electrons. The Morgan fingerprint density at radius 3 is 2.50 bits per heavy atom. The van der Waals surface area contributed by atoms with Crippen molar-refractivity contribution in [2.24, 2.45) is 0 Å². The molecule has 28 heavy (non-hydrogen) atoms. The summed E-state index contributed by atoms with van der Waals surface area (Å²) in [7, 11) is 0. The van der Waals surface area contributed by atoms with Crippen LogP contribution in [-0.4, -0.2) is 59.5 Å². The predicted molar refractivity (Wildman–Crippen MR) is 93.7 cm³/mol. The normalized spacial score (nSPS) is 15.5. The molecule has 0 atom stereocenters. The first-order valence-electron chi connectivity index (χ1n) is 8.64. The predicted octanol–water partition coefficient (Wildman–Crippen LogP) is 2.40. The molecule has 1 fully saturated rings. The second-order valence-electron chi connectivity index (χ2n) is 6.52. The molecule has 1 aliphatic rings. The topological polar surface area (TPSA) is 78.7 Å². The van der Waals surface area contributed by atoms with Gasteiger partial charge in [-0.15, -0.1) is 0 Å². The van der Waals surface area contributed by atoms with E-state index in [-0.39, 0.29) is 18.0 Å². The molecular weight excluding hydrogens is 377 g/mol. The van der Waals surface area contributed by atoms with Crippen LogP contribution in [0.25, 0.3) is 0 Å². The number of piperazine rings is 1. The Morgan fingerprint density at radius 1 is 1.18 bits per heavy atom. The van der Waals surface area contributed by atoms with Gasteiger partial charge in [-0.25, -0.2) is 0 Å². The minimum absolute atomic E-state index is 0.00224. The summed E-state index contributed by atoms with van der Waals surface area (Å²) in [5.41, 5.74) is -0.848. The molecule has 2 aromatic rings. The van der Waals surface area contributed by atoms with E-state index in [0.29, 0.717) is 37.8 Å². The number of amides is 2. The van der Waals surface area contributed by atoms with Crippen LogP contribution in [0.4, 0.5) is 19.0 Å². The lowest BCUT2D eigenvalue weighted by Crippen LogP contribution is -2.50. The maximum Gasteiger partial charge on any atom is 0.416 e. The third-order valence-electron chi connectivity index (χ3n) is 4.36. The molecule has 0 radical (unpaired) electrons. The number of nitrogens with one attached hydrogen (secondary N) is 1. The number of alkyl halides is 3. The first kappa shape index (κ1) is 19.9. The summed E-state index contributed by atoms with van der Waals surface area (Å²) in [5, 5.41) is 6.30. The molecule has 3 rings (SSSR count). The van der Waals surface area contributed by atoms with Gasteiger partial charge in [0.1, 0.15) is 5.76 Å². The first-order valence-corrected chi connectivity index (χ1v) is 8.64. The molecule has 0 saturated carbocycles. The van der Waals surface area contributed by atoms with Crippen molar-refractivity contribution in [3.05, 3.63) is 47.2 Å². The third-order valence-corrected chi connectivity index (χ3v) is 4.36. The Kier molecular flexibility index (Phi) is 5.68. The van der Waals surface area contributed by atoms with Gasteiger partial charge in [0.25, 0.3) is 5.91 Å². The van der Waals surface area contributed by atoms with Gasteiger partial charge in [0, 0.05) is 37.8 Å². The number of carbonyl (C=O) groups excluding carboxylic acids is 2. The van der Waals surface area contributed by atoms with Crippen LogP contribution in [0, 0.1) is 6.92 Å². The van der Waals surface area contributed by atoms with E-state index in [9.17, 15) is 22.8 Å². The fraction of sp³-hybridized carbons (Fsp3) is 0.389. The van der Waals surface area contributed by atoms with Crippen LogP contribution in [-0.2, 0) is 11.0 Å². The summed E-state index contributed by atoms with van der Waals surface area (Å²) in [6.45, 7) is 3.36. The van der Waals surface area contributed by atoms with Crippen LogP contribution in [0.3, 0.4) is 0 Å². The molecule has 1 saturated heterocycles. The Hall–Kier alpha value is -2.88. The molecule has 0 unspecified atom stereocenters. The number of aromatic nitrogens is 1. The standard InChI is InChI=1S/C18H19F3N4O3/c1-12-9-15(23-28-12)22-16(26)11-24-5-7-25(8-6-24)17(27)13-3-2-4-14(10-13)18(19,20)21/h2-4,9-10H,5-8,11H2,1H3,(H,22,23,26). The van der Waals surface area contributed by atoms with Gasteiger partial charge in [-0.2, -0.15) is 13.2 Å². The van der Waals surface area contributed by atoms with E-state index < -0.39 is 17.6 Å². The lowest BCUT2D eigenvalue weighted by Gasteiger charge is -2.34. The molecule has 1 aromatic carbocycles. The van der Waals surface area contributed by atoms with E-state index >= 15 is 0 Å². The maximum atomic E-state index is 12.8. The third kappa shape index (κ3) is 4.89. The largest absolute Gasteiger partial charge is 0.416 e. The molecule has 10 heteroatoms. The van der Waals surface area contributed by atoms with Crippen molar-refractivity contribution in [2.75, 3.05) is 38.0 Å². The Morgan fingerprint density at radius 2 is 1.89 bits per heavy atom. The number of hydrogen-bond acceptors (Lipinski definition) is 5. The smallest absolute Gasteiger partial charge is 0.360 e. The van der Waals surface area contributed by atoms with Gasteiger partial charge in [0.15, 0.2) is 5.82 Å². The van der Waals surface area contributed by atoms with E-state index in [1.165, 1.54) is 17.0 Å². The van der Waals surface area contributed by atoms with Crippen molar-refractivity contribution in [1.82, 2.24) is 15.0 Å². The number of halogens is 3. The van der Waals surface area contributed by atoms with E-state index in [0.717, 1.165) is 12.1 Å². The molecule has 7 nitrogen and oxygen atoms in total. The van der Waals surface area contributed by atoms with E-state index in [2.05, 4.69) is 10.5 Å². The summed E-state index contributed by atoms with van der Waals surface area (Å²) < 4.78 is 43.3. The summed E-state index contributed by atoms with van der Waals surface area (Å²) in [5.74, 6) is 0.206. The molecule has 1 aliphatic heterocycles. The zero-order valence-electron chi connectivity index (χ0n) is 15.1. The Labute approximate surface area is 159 Å². The van der Waals surface area contributed by atoms with Crippen molar-refractivity contribution in [1.29, 1.82) is 0 Å². The molecule has 1 N–H and O–H groups in total. The second kappa shape index (κ2) is 8.01. The highest BCUT2D eigenvalue weighted by Gasteiger charge is 2.31. The fourth-order valence-electron chi connectivity index (χ4n) is 2.93. The number of carbonyl (C=O) groups is 2. The number of anilines is 1. The van der Waals surface area contributed by atoms with E-state index in [4.69, 9.17) is 4.52 Å². The zero-order chi connectivity index (χ0) is 20.3. The number of hydrogen-bond donors (Lipinski definition) is 1. The van der Waals surface area contributed by atoms with Crippen molar-refractivity contribution in [3.8, 4) is 0 Å². The van der Waals surface area contributed by atoms with Gasteiger partial charge in [0.05, 0.1) is 12.1 Å². The van der Waals surface area contributed by atoms with Crippen LogP contribution in [0.1, 0.15) is 21.7 Å². The zero-order valence-corrected chi connectivity index (χ0v) is 15.1. The number of rotatable bonds is 4. The van der Waals surface area contributed by atoms with Crippen LogP contribution in [0.15, 0.2) is 34.9 Å². The van der Waals surface area contributed by atoms with Gasteiger partial charge in [-0.05, 0) is 25.1 Å². The lowest BCUT2D eigenvalue weighted by molar-refractivity contribution is -0.137. The Bertz CT molecular complexity index is 858. The van der Waals surface area contributed by atoms with Gasteiger partial charge < -0.3 is 14.7 Å². The molecular formula is C18H19F3N4O3. The summed E-state index contributed by atoms with van der Waals surface area (Å²) in [6, 6.07) is 5.99. The van der Waals surface area contributed by atoms with Crippen LogP contribution < -0.4 is 5.32 Å². The number of aryl methyl sites for hydroxylation is 1. The van der Waals surface area contributed by atoms with Crippen molar-refractivity contribution in [2.45, 2.75) is 13.1 Å². The average Bonchev–Trinajstić information content (AvgIpc) is 3.05. The maximum absolute atomic E-state index is 12.8. The highest BCUT2D eigenvalue weighted by atomic mass is 19.4.